The molecule has 0 N–H and O–H groups in total. The summed E-state index contributed by atoms with van der Waals surface area (Å²) in [6, 6.07) is 12.3. The first kappa shape index (κ1) is 10.2. The van der Waals surface area contributed by atoms with Gasteiger partial charge in [-0.2, -0.15) is 11.3 Å². The zero-order chi connectivity index (χ0) is 11.7. The van der Waals surface area contributed by atoms with Crippen molar-refractivity contribution < 1.29 is 0 Å². The predicted molar refractivity (Wildman–Crippen MR) is 74.2 cm³/mol. The summed E-state index contributed by atoms with van der Waals surface area (Å²) < 4.78 is 0. The van der Waals surface area contributed by atoms with Crippen LogP contribution >= 0.6 is 11.3 Å². The van der Waals surface area contributed by atoms with Crippen LogP contribution in [0, 0.1) is 0 Å². The van der Waals surface area contributed by atoms with Gasteiger partial charge < -0.3 is 0 Å². The number of fused-ring (bicyclic) bond motifs is 1. The first-order valence-corrected chi connectivity index (χ1v) is 6.35. The van der Waals surface area contributed by atoms with Crippen molar-refractivity contribution in [3.63, 3.8) is 0 Å². The number of rotatable bonds is 2. The first-order chi connectivity index (χ1) is 8.34. The van der Waals surface area contributed by atoms with Crippen molar-refractivity contribution >= 4 is 27.7 Å². The molecule has 1 aromatic carbocycles. The number of aromatic nitrogens is 1. The molecule has 2 heteroatoms. The second-order valence-electron chi connectivity index (χ2n) is 3.91. The van der Waals surface area contributed by atoms with Crippen molar-refractivity contribution in [2.45, 2.75) is 0 Å². The zero-order valence-corrected chi connectivity index (χ0v) is 10.1. The fourth-order valence-corrected chi connectivity index (χ4v) is 2.62. The number of nitrogens with zero attached hydrogens (tertiary/aromatic N) is 1. The van der Waals surface area contributed by atoms with Gasteiger partial charge >= 0.3 is 0 Å². The molecule has 0 spiro atoms. The van der Waals surface area contributed by atoms with Crippen LogP contribution < -0.4 is 0 Å². The van der Waals surface area contributed by atoms with Gasteiger partial charge in [-0.3, -0.25) is 4.98 Å². The van der Waals surface area contributed by atoms with Gasteiger partial charge in [0.15, 0.2) is 0 Å². The first-order valence-electron chi connectivity index (χ1n) is 5.41. The van der Waals surface area contributed by atoms with Crippen LogP contribution in [0.3, 0.4) is 0 Å². The van der Waals surface area contributed by atoms with Gasteiger partial charge in [-0.15, -0.1) is 0 Å². The van der Waals surface area contributed by atoms with Crippen LogP contribution in [0.25, 0.3) is 16.3 Å². The molecule has 0 unspecified atom stereocenters. The lowest BCUT2D eigenvalue weighted by Gasteiger charge is -2.05. The van der Waals surface area contributed by atoms with Gasteiger partial charge in [-0.1, -0.05) is 24.8 Å². The lowest BCUT2D eigenvalue weighted by molar-refractivity contribution is 1.28. The standard InChI is InChI=1S/C15H11NS/c1-11(15-4-2-3-7-16-15)12-5-6-13-9-17-10-14(13)8-12/h2-10H,1H2. The lowest BCUT2D eigenvalue weighted by Crippen LogP contribution is -1.88. The van der Waals surface area contributed by atoms with Crippen molar-refractivity contribution in [3.05, 3.63) is 71.2 Å². The van der Waals surface area contributed by atoms with Gasteiger partial charge in [-0.25, -0.2) is 0 Å². The Morgan fingerprint density at radius 2 is 1.94 bits per heavy atom. The van der Waals surface area contributed by atoms with E-state index in [0.29, 0.717) is 0 Å². The molecule has 0 saturated carbocycles. The van der Waals surface area contributed by atoms with Gasteiger partial charge in [0, 0.05) is 11.8 Å². The van der Waals surface area contributed by atoms with Crippen molar-refractivity contribution in [1.82, 2.24) is 4.98 Å². The van der Waals surface area contributed by atoms with E-state index in [1.807, 2.05) is 18.2 Å². The summed E-state index contributed by atoms with van der Waals surface area (Å²) in [7, 11) is 0. The molecule has 0 atom stereocenters. The Balaban J connectivity index is 2.06. The average molecular weight is 237 g/mol. The fourth-order valence-electron chi connectivity index (χ4n) is 1.84. The van der Waals surface area contributed by atoms with Gasteiger partial charge in [0.05, 0.1) is 5.69 Å². The molecule has 0 aliphatic carbocycles. The molecule has 3 rings (SSSR count). The third-order valence-corrected chi connectivity index (χ3v) is 3.58. The molecule has 17 heavy (non-hydrogen) atoms. The van der Waals surface area contributed by atoms with Gasteiger partial charge in [0.1, 0.15) is 0 Å². The zero-order valence-electron chi connectivity index (χ0n) is 9.26. The lowest BCUT2D eigenvalue weighted by atomic mass is 10.0. The van der Waals surface area contributed by atoms with E-state index in [1.165, 1.54) is 10.8 Å². The molecule has 3 aromatic rings. The molecule has 0 bridgehead atoms. The Hall–Kier alpha value is -1.93. The molecule has 0 fully saturated rings. The van der Waals surface area contributed by atoms with E-state index < -0.39 is 0 Å². The van der Waals surface area contributed by atoms with Gasteiger partial charge in [0.25, 0.3) is 0 Å². The number of pyridine rings is 1. The van der Waals surface area contributed by atoms with E-state index in [9.17, 15) is 0 Å². The SMILES string of the molecule is C=C(c1ccc2cscc2c1)c1ccccn1. The predicted octanol–water partition coefficient (Wildman–Crippen LogP) is 4.36. The van der Waals surface area contributed by atoms with E-state index in [4.69, 9.17) is 0 Å². The molecule has 0 aliphatic rings. The van der Waals surface area contributed by atoms with Crippen LogP contribution in [0.5, 0.6) is 0 Å². The normalized spacial score (nSPS) is 10.6. The van der Waals surface area contributed by atoms with Crippen molar-refractivity contribution in [1.29, 1.82) is 0 Å². The molecular weight excluding hydrogens is 226 g/mol. The van der Waals surface area contributed by atoms with Crippen LogP contribution in [0.1, 0.15) is 11.3 Å². The quantitative estimate of drug-likeness (QED) is 0.645. The molecular formula is C15H11NS. The summed E-state index contributed by atoms with van der Waals surface area (Å²) in [4.78, 5) is 4.33. The number of benzene rings is 1. The van der Waals surface area contributed by atoms with Crippen LogP contribution in [0.4, 0.5) is 0 Å². The number of thiophene rings is 1. The van der Waals surface area contributed by atoms with Crippen molar-refractivity contribution in [2.75, 3.05) is 0 Å². The second kappa shape index (κ2) is 4.15. The minimum absolute atomic E-state index is 0.932. The number of hydrogen-bond donors (Lipinski definition) is 0. The van der Waals surface area contributed by atoms with Crippen LogP contribution in [0.2, 0.25) is 0 Å². The monoisotopic (exact) mass is 237 g/mol. The number of hydrogen-bond acceptors (Lipinski definition) is 2. The smallest absolute Gasteiger partial charge is 0.0702 e. The van der Waals surface area contributed by atoms with Crippen molar-refractivity contribution in [3.8, 4) is 0 Å². The summed E-state index contributed by atoms with van der Waals surface area (Å²) in [6.07, 6.45) is 1.80. The molecule has 0 amide bonds. The van der Waals surface area contributed by atoms with Crippen molar-refractivity contribution in [2.24, 2.45) is 0 Å². The molecule has 0 aliphatic heterocycles. The Labute approximate surface area is 104 Å². The highest BCUT2D eigenvalue weighted by Crippen LogP contribution is 2.25. The highest BCUT2D eigenvalue weighted by Gasteiger charge is 2.04. The summed E-state index contributed by atoms with van der Waals surface area (Å²) in [5, 5.41) is 6.87. The van der Waals surface area contributed by atoms with E-state index in [0.717, 1.165) is 16.8 Å². The van der Waals surface area contributed by atoms with E-state index in [1.54, 1.807) is 17.5 Å². The molecule has 82 valence electrons. The Morgan fingerprint density at radius 1 is 1.06 bits per heavy atom. The molecule has 0 saturated heterocycles. The van der Waals surface area contributed by atoms with Crippen LogP contribution in [0.15, 0.2) is 59.9 Å². The molecule has 0 radical (unpaired) electrons. The Morgan fingerprint density at radius 3 is 2.76 bits per heavy atom. The molecule has 2 heterocycles. The molecule has 1 nitrogen and oxygen atoms in total. The average Bonchev–Trinajstić information content (AvgIpc) is 2.86. The molecule has 2 aromatic heterocycles. The summed E-state index contributed by atoms with van der Waals surface area (Å²) in [5.41, 5.74) is 3.04. The highest BCUT2D eigenvalue weighted by atomic mass is 32.1. The summed E-state index contributed by atoms with van der Waals surface area (Å²) >= 11 is 1.72. The fraction of sp³-hybridized carbons (Fsp3) is 0. The minimum Gasteiger partial charge on any atom is -0.256 e. The maximum Gasteiger partial charge on any atom is 0.0702 e. The van der Waals surface area contributed by atoms with E-state index in [2.05, 4.69) is 40.5 Å². The minimum atomic E-state index is 0.932. The third kappa shape index (κ3) is 1.87. The maximum absolute atomic E-state index is 4.33. The Bertz CT molecular complexity index is 667. The third-order valence-electron chi connectivity index (χ3n) is 2.80. The van der Waals surface area contributed by atoms with E-state index >= 15 is 0 Å². The van der Waals surface area contributed by atoms with Crippen LogP contribution in [-0.2, 0) is 0 Å². The summed E-state index contributed by atoms with van der Waals surface area (Å²) in [5.74, 6) is 0. The Kier molecular flexibility index (Phi) is 2.50. The maximum atomic E-state index is 4.33. The summed E-state index contributed by atoms with van der Waals surface area (Å²) in [6.45, 7) is 4.13. The van der Waals surface area contributed by atoms with Crippen LogP contribution in [-0.4, -0.2) is 4.98 Å². The topological polar surface area (TPSA) is 12.9 Å². The van der Waals surface area contributed by atoms with E-state index in [-0.39, 0.29) is 0 Å². The highest BCUT2D eigenvalue weighted by molar-refractivity contribution is 7.09. The second-order valence-corrected chi connectivity index (χ2v) is 4.65. The van der Waals surface area contributed by atoms with Gasteiger partial charge in [0.2, 0.25) is 0 Å². The largest absolute Gasteiger partial charge is 0.256 e. The van der Waals surface area contributed by atoms with Gasteiger partial charge in [-0.05, 0) is 45.3 Å².